The number of hydrogen-bond acceptors (Lipinski definition) is 2. The van der Waals surface area contributed by atoms with Crippen LogP contribution < -0.4 is 28.3 Å². The highest BCUT2D eigenvalue weighted by molar-refractivity contribution is 8.12. The summed E-state index contributed by atoms with van der Waals surface area (Å²) in [5, 5.41) is 5.36. The van der Waals surface area contributed by atoms with E-state index < -0.39 is 11.6 Å². The van der Waals surface area contributed by atoms with Crippen LogP contribution >= 0.6 is 11.8 Å². The molecule has 0 amide bonds. The van der Waals surface area contributed by atoms with Crippen molar-refractivity contribution in [2.75, 3.05) is 7.11 Å². The predicted molar refractivity (Wildman–Crippen MR) is 55.3 cm³/mol. The van der Waals surface area contributed by atoms with Gasteiger partial charge in [-0.1, -0.05) is 6.07 Å². The van der Waals surface area contributed by atoms with Crippen LogP contribution in [0.2, 0.25) is 0 Å². The minimum atomic E-state index is -0.728. The summed E-state index contributed by atoms with van der Waals surface area (Å²) in [5.74, 6) is -1.59. The molecule has 0 fully saturated rings. The molecule has 0 aliphatic carbocycles. The maximum absolute atomic E-state index is 13.5. The van der Waals surface area contributed by atoms with Crippen molar-refractivity contribution in [3.05, 3.63) is 29.3 Å². The summed E-state index contributed by atoms with van der Waals surface area (Å²) in [6, 6.07) is 2.48. The molecule has 4 N–H and O–H groups in total. The molecule has 90 valence electrons. The molecule has 0 saturated heterocycles. The second-order valence-electron chi connectivity index (χ2n) is 2.74. The van der Waals surface area contributed by atoms with Crippen molar-refractivity contribution in [3.8, 4) is 5.75 Å². The van der Waals surface area contributed by atoms with Crippen molar-refractivity contribution >= 4 is 16.9 Å². The molecule has 0 unspecified atom stereocenters. The Bertz CT molecular complexity index is 390. The van der Waals surface area contributed by atoms with Crippen molar-refractivity contribution in [1.82, 2.24) is 0 Å². The summed E-state index contributed by atoms with van der Waals surface area (Å²) < 4.78 is 31.1. The van der Waals surface area contributed by atoms with Gasteiger partial charge in [-0.15, -0.1) is 0 Å². The van der Waals surface area contributed by atoms with Gasteiger partial charge in [-0.25, -0.2) is 8.78 Å². The Labute approximate surface area is 102 Å². The Morgan fingerprint density at radius 1 is 1.50 bits per heavy atom. The van der Waals surface area contributed by atoms with Crippen molar-refractivity contribution in [2.45, 2.75) is 5.75 Å². The molecule has 7 heteroatoms. The molecule has 16 heavy (non-hydrogen) atoms. The first-order valence-electron chi connectivity index (χ1n) is 4.07. The van der Waals surface area contributed by atoms with Gasteiger partial charge in [0.25, 0.3) is 5.17 Å². The number of benzene rings is 1. The summed E-state index contributed by atoms with van der Waals surface area (Å²) in [7, 11) is 1.21. The molecular weight excluding hydrogens is 258 g/mol. The summed E-state index contributed by atoms with van der Waals surface area (Å²) in [6.45, 7) is 0. The Balaban J connectivity index is 0.00000225. The van der Waals surface area contributed by atoms with E-state index in [-0.39, 0.29) is 29.1 Å². The fraction of sp³-hybridized carbons (Fsp3) is 0.222. The average molecular weight is 269 g/mol. The van der Waals surface area contributed by atoms with Gasteiger partial charge >= 0.3 is 0 Å². The van der Waals surface area contributed by atoms with E-state index in [1.807, 2.05) is 0 Å². The van der Waals surface area contributed by atoms with Gasteiger partial charge in [0, 0.05) is 11.3 Å². The van der Waals surface area contributed by atoms with Gasteiger partial charge in [0.2, 0.25) is 0 Å². The first-order chi connectivity index (χ1) is 7.06. The second-order valence-corrected chi connectivity index (χ2v) is 3.79. The van der Waals surface area contributed by atoms with E-state index >= 15 is 0 Å². The molecule has 0 aliphatic rings. The third-order valence-electron chi connectivity index (χ3n) is 1.73. The third-order valence-corrected chi connectivity index (χ3v) is 2.52. The van der Waals surface area contributed by atoms with Gasteiger partial charge in [0.15, 0.2) is 17.4 Å². The molecular formula is C9H11ClF2N2OS. The van der Waals surface area contributed by atoms with E-state index in [2.05, 4.69) is 4.74 Å². The number of ether oxygens (including phenoxy) is 1. The Morgan fingerprint density at radius 2 is 2.12 bits per heavy atom. The predicted octanol–water partition coefficient (Wildman–Crippen LogP) is -2.72. The zero-order chi connectivity index (χ0) is 11.4. The summed E-state index contributed by atoms with van der Waals surface area (Å²) in [4.78, 5) is 0. The van der Waals surface area contributed by atoms with Crippen LogP contribution in [0, 0.1) is 11.6 Å². The van der Waals surface area contributed by atoms with Gasteiger partial charge in [0.05, 0.1) is 7.11 Å². The topological polar surface area (TPSA) is 60.8 Å². The standard InChI is InChI=1S/C9H10F2N2OS.ClH/c1-14-8-6(10)3-2-5(7(8)11)4-15-9(12)13;/h2-3H,4H2,1H3,(H3,12,13);1H. The summed E-state index contributed by atoms with van der Waals surface area (Å²) >= 11 is 1.08. The van der Waals surface area contributed by atoms with Gasteiger partial charge < -0.3 is 17.1 Å². The van der Waals surface area contributed by atoms with Gasteiger partial charge in [-0.05, 0) is 17.8 Å². The third kappa shape index (κ3) is 3.53. The fourth-order valence-corrected chi connectivity index (χ4v) is 1.58. The van der Waals surface area contributed by atoms with E-state index in [4.69, 9.17) is 11.1 Å². The van der Waals surface area contributed by atoms with Crippen LogP contribution in [0.1, 0.15) is 5.56 Å². The molecule has 1 aromatic carbocycles. The molecule has 0 aliphatic heterocycles. The van der Waals surface area contributed by atoms with E-state index in [1.165, 1.54) is 13.2 Å². The van der Waals surface area contributed by atoms with E-state index in [0.717, 1.165) is 17.8 Å². The zero-order valence-corrected chi connectivity index (χ0v) is 10.0. The molecule has 0 bridgehead atoms. The van der Waals surface area contributed by atoms with E-state index in [9.17, 15) is 8.78 Å². The first kappa shape index (κ1) is 15.0. The smallest absolute Gasteiger partial charge is 0.300 e. The summed E-state index contributed by atoms with van der Waals surface area (Å²) in [6.07, 6.45) is 0. The molecule has 1 rings (SSSR count). The second kappa shape index (κ2) is 6.55. The van der Waals surface area contributed by atoms with Gasteiger partial charge in [-0.3, -0.25) is 11.1 Å². The minimum absolute atomic E-state index is 0. The fourth-order valence-electron chi connectivity index (χ4n) is 1.03. The van der Waals surface area contributed by atoms with Crippen molar-refractivity contribution < 1.29 is 31.3 Å². The SMILES string of the molecule is COc1c(F)ccc(CSC(N)=[NH2+])c1F.[Cl-]. The maximum atomic E-state index is 13.5. The van der Waals surface area contributed by atoms with Crippen molar-refractivity contribution in [2.24, 2.45) is 5.73 Å². The maximum Gasteiger partial charge on any atom is 0.300 e. The van der Waals surface area contributed by atoms with Crippen LogP contribution in [0.15, 0.2) is 12.1 Å². The van der Waals surface area contributed by atoms with Crippen LogP contribution in [0.25, 0.3) is 0 Å². The van der Waals surface area contributed by atoms with Crippen LogP contribution in [-0.4, -0.2) is 12.3 Å². The number of thioether (sulfide) groups is 1. The quantitative estimate of drug-likeness (QED) is 0.463. The zero-order valence-electron chi connectivity index (χ0n) is 8.47. The number of halogens is 3. The molecule has 0 heterocycles. The normalized spacial score (nSPS) is 9.44. The molecule has 0 aromatic heterocycles. The largest absolute Gasteiger partial charge is 1.00 e. The number of methoxy groups -OCH3 is 1. The molecule has 0 atom stereocenters. The highest BCUT2D eigenvalue weighted by atomic mass is 35.5. The van der Waals surface area contributed by atoms with Crippen LogP contribution in [0.3, 0.4) is 0 Å². The highest BCUT2D eigenvalue weighted by Gasteiger charge is 2.14. The lowest BCUT2D eigenvalue weighted by molar-refractivity contribution is -0.110. The van der Waals surface area contributed by atoms with Gasteiger partial charge in [0.1, 0.15) is 0 Å². The van der Waals surface area contributed by atoms with Crippen LogP contribution in [-0.2, 0) is 5.75 Å². The summed E-state index contributed by atoms with van der Waals surface area (Å²) in [5.41, 5.74) is 5.52. The van der Waals surface area contributed by atoms with E-state index in [0.29, 0.717) is 5.56 Å². The molecule has 0 spiro atoms. The number of amidine groups is 1. The molecule has 1 aromatic rings. The monoisotopic (exact) mass is 268 g/mol. The number of rotatable bonds is 3. The lowest BCUT2D eigenvalue weighted by Crippen LogP contribution is -3.00. The van der Waals surface area contributed by atoms with Crippen LogP contribution in [0.4, 0.5) is 8.78 Å². The minimum Gasteiger partial charge on any atom is -1.00 e. The van der Waals surface area contributed by atoms with E-state index in [1.54, 1.807) is 0 Å². The first-order valence-corrected chi connectivity index (χ1v) is 5.06. The Kier molecular flexibility index (Phi) is 6.13. The van der Waals surface area contributed by atoms with Crippen molar-refractivity contribution in [3.63, 3.8) is 0 Å². The molecule has 3 nitrogen and oxygen atoms in total. The molecule has 0 radical (unpaired) electrons. The number of nitrogens with two attached hydrogens (primary N) is 2. The Hall–Kier alpha value is -1.01. The lowest BCUT2D eigenvalue weighted by Gasteiger charge is -2.06. The Morgan fingerprint density at radius 3 is 2.62 bits per heavy atom. The molecule has 0 saturated carbocycles. The lowest BCUT2D eigenvalue weighted by atomic mass is 10.2. The van der Waals surface area contributed by atoms with Crippen LogP contribution in [0.5, 0.6) is 5.75 Å². The van der Waals surface area contributed by atoms with Crippen molar-refractivity contribution in [1.29, 1.82) is 0 Å². The average Bonchev–Trinajstić information content (AvgIpc) is 2.17. The van der Waals surface area contributed by atoms with Gasteiger partial charge in [-0.2, -0.15) is 0 Å². The number of hydrogen-bond donors (Lipinski definition) is 2. The highest BCUT2D eigenvalue weighted by Crippen LogP contribution is 2.26.